The van der Waals surface area contributed by atoms with Crippen molar-refractivity contribution in [3.05, 3.63) is 35.1 Å². The van der Waals surface area contributed by atoms with Crippen molar-refractivity contribution in [2.75, 3.05) is 0 Å². The molecule has 1 aromatic carbocycles. The highest BCUT2D eigenvalue weighted by atomic mass is 19.2. The molecule has 2 aliphatic rings. The molecule has 0 unspecified atom stereocenters. The van der Waals surface area contributed by atoms with E-state index in [-0.39, 0.29) is 5.92 Å². The lowest BCUT2D eigenvalue weighted by Gasteiger charge is -2.31. The number of rotatable bonds is 7. The Morgan fingerprint density at radius 3 is 1.63 bits per heavy atom. The number of hydrogen-bond donors (Lipinski definition) is 0. The van der Waals surface area contributed by atoms with Gasteiger partial charge in [0.1, 0.15) is 0 Å². The largest absolute Gasteiger partial charge is 0.204 e. The van der Waals surface area contributed by atoms with E-state index >= 15 is 0 Å². The summed E-state index contributed by atoms with van der Waals surface area (Å²) in [6, 6.07) is 2.39. The molecule has 0 nitrogen and oxygen atoms in total. The molecule has 0 bridgehead atoms. The van der Waals surface area contributed by atoms with Crippen LogP contribution in [-0.2, 0) is 0 Å². The Labute approximate surface area is 162 Å². The van der Waals surface area contributed by atoms with Gasteiger partial charge in [-0.1, -0.05) is 64.7 Å². The van der Waals surface area contributed by atoms with Crippen LogP contribution in [0.4, 0.5) is 13.2 Å². The Kier molecular flexibility index (Phi) is 7.66. The second-order valence-electron chi connectivity index (χ2n) is 9.12. The fraction of sp³-hybridized carbons (Fsp3) is 0.750. The molecule has 0 amide bonds. The second-order valence-corrected chi connectivity index (χ2v) is 9.12. The third-order valence-electron chi connectivity index (χ3n) is 7.21. The first-order chi connectivity index (χ1) is 13.1. The van der Waals surface area contributed by atoms with Gasteiger partial charge in [0, 0.05) is 0 Å². The van der Waals surface area contributed by atoms with Crippen molar-refractivity contribution in [1.82, 2.24) is 0 Å². The van der Waals surface area contributed by atoms with Crippen molar-refractivity contribution in [2.24, 2.45) is 17.8 Å². The highest BCUT2D eigenvalue weighted by Gasteiger charge is 2.25. The fourth-order valence-corrected chi connectivity index (χ4v) is 5.51. The molecule has 0 saturated heterocycles. The third-order valence-corrected chi connectivity index (χ3v) is 7.21. The monoisotopic (exact) mass is 380 g/mol. The summed E-state index contributed by atoms with van der Waals surface area (Å²) in [6.45, 7) is 2.30. The van der Waals surface area contributed by atoms with E-state index in [2.05, 4.69) is 6.92 Å². The van der Waals surface area contributed by atoms with Gasteiger partial charge in [0.25, 0.3) is 0 Å². The molecular weight excluding hydrogens is 345 g/mol. The van der Waals surface area contributed by atoms with Crippen LogP contribution in [0.3, 0.4) is 0 Å². The molecule has 0 aromatic heterocycles. The molecule has 0 radical (unpaired) electrons. The van der Waals surface area contributed by atoms with Crippen molar-refractivity contribution < 1.29 is 13.2 Å². The van der Waals surface area contributed by atoms with Crippen LogP contribution in [0.15, 0.2) is 12.1 Å². The van der Waals surface area contributed by atoms with Gasteiger partial charge in [-0.25, -0.2) is 13.2 Å². The standard InChI is InChI=1S/C24H35F3/c1-2-4-17-7-9-18(10-8-17)5-3-6-19-11-13-20(14-12-19)21-15-22(25)24(27)23(26)16-21/h15-20H,2-14H2,1H3/t17-,18-,19-,20-. The van der Waals surface area contributed by atoms with E-state index in [1.807, 2.05) is 0 Å². The zero-order valence-electron chi connectivity index (χ0n) is 16.8. The molecule has 2 aliphatic carbocycles. The summed E-state index contributed by atoms with van der Waals surface area (Å²) in [5, 5.41) is 0. The van der Waals surface area contributed by atoms with Crippen LogP contribution in [0.1, 0.15) is 102 Å². The molecule has 2 fully saturated rings. The first-order valence-electron chi connectivity index (χ1n) is 11.2. The Bertz CT molecular complexity index is 558. The van der Waals surface area contributed by atoms with Gasteiger partial charge in [-0.2, -0.15) is 0 Å². The maximum atomic E-state index is 13.5. The number of hydrogen-bond acceptors (Lipinski definition) is 0. The minimum atomic E-state index is -1.35. The fourth-order valence-electron chi connectivity index (χ4n) is 5.51. The lowest BCUT2D eigenvalue weighted by Crippen LogP contribution is -2.16. The zero-order valence-corrected chi connectivity index (χ0v) is 16.8. The molecule has 0 aliphatic heterocycles. The van der Waals surface area contributed by atoms with Gasteiger partial charge in [0.2, 0.25) is 0 Å². The van der Waals surface area contributed by atoms with Gasteiger partial charge in [0.05, 0.1) is 0 Å². The summed E-state index contributed by atoms with van der Waals surface area (Å²) < 4.78 is 40.1. The van der Waals surface area contributed by atoms with Gasteiger partial charge in [0.15, 0.2) is 17.5 Å². The average Bonchev–Trinajstić information content (AvgIpc) is 2.68. The molecule has 0 spiro atoms. The molecule has 3 rings (SSSR count). The highest BCUT2D eigenvalue weighted by molar-refractivity contribution is 5.23. The summed E-state index contributed by atoms with van der Waals surface area (Å²) in [7, 11) is 0. The van der Waals surface area contributed by atoms with E-state index in [0.717, 1.165) is 43.4 Å². The molecule has 0 atom stereocenters. The quantitative estimate of drug-likeness (QED) is 0.419. The Hall–Kier alpha value is -0.990. The smallest absolute Gasteiger partial charge is 0.194 e. The second kappa shape index (κ2) is 9.98. The van der Waals surface area contributed by atoms with E-state index in [0.29, 0.717) is 5.56 Å². The SMILES string of the molecule is CCC[C@H]1CC[C@H](CCC[C@H]2CC[C@H](c3cc(F)c(F)c(F)c3)CC2)CC1. The van der Waals surface area contributed by atoms with E-state index < -0.39 is 17.5 Å². The summed E-state index contributed by atoms with van der Waals surface area (Å²) in [5.41, 5.74) is 0.633. The third kappa shape index (κ3) is 5.74. The number of halogens is 3. The first kappa shape index (κ1) is 20.7. The minimum absolute atomic E-state index is 0.180. The van der Waals surface area contributed by atoms with E-state index in [1.54, 1.807) is 0 Å². The van der Waals surface area contributed by atoms with Crippen molar-refractivity contribution in [3.8, 4) is 0 Å². The molecule has 3 heteroatoms. The van der Waals surface area contributed by atoms with Crippen molar-refractivity contribution in [3.63, 3.8) is 0 Å². The van der Waals surface area contributed by atoms with Crippen LogP contribution in [0.2, 0.25) is 0 Å². The van der Waals surface area contributed by atoms with E-state index in [4.69, 9.17) is 0 Å². The molecular formula is C24H35F3. The van der Waals surface area contributed by atoms with Gasteiger partial charge in [-0.3, -0.25) is 0 Å². The van der Waals surface area contributed by atoms with Crippen molar-refractivity contribution in [2.45, 2.75) is 96.3 Å². The predicted octanol–water partition coefficient (Wildman–Crippen LogP) is 8.15. The molecule has 0 N–H and O–H groups in total. The van der Waals surface area contributed by atoms with Gasteiger partial charge < -0.3 is 0 Å². The van der Waals surface area contributed by atoms with Crippen molar-refractivity contribution >= 4 is 0 Å². The highest BCUT2D eigenvalue weighted by Crippen LogP contribution is 2.39. The molecule has 27 heavy (non-hydrogen) atoms. The van der Waals surface area contributed by atoms with Crippen LogP contribution < -0.4 is 0 Å². The van der Waals surface area contributed by atoms with Crippen molar-refractivity contribution in [1.29, 1.82) is 0 Å². The molecule has 152 valence electrons. The lowest BCUT2D eigenvalue weighted by atomic mass is 9.75. The Morgan fingerprint density at radius 1 is 0.704 bits per heavy atom. The summed E-state index contributed by atoms with van der Waals surface area (Å²) in [4.78, 5) is 0. The molecule has 1 aromatic rings. The summed E-state index contributed by atoms with van der Waals surface area (Å²) >= 11 is 0. The van der Waals surface area contributed by atoms with Crippen LogP contribution in [0.5, 0.6) is 0 Å². The summed E-state index contributed by atoms with van der Waals surface area (Å²) in [6.07, 6.45) is 16.7. The summed E-state index contributed by atoms with van der Waals surface area (Å²) in [5.74, 6) is -0.590. The maximum absolute atomic E-state index is 13.5. The van der Waals surface area contributed by atoms with Gasteiger partial charge in [-0.05, 0) is 67.1 Å². The van der Waals surface area contributed by atoms with Crippen LogP contribution >= 0.6 is 0 Å². The average molecular weight is 381 g/mol. The van der Waals surface area contributed by atoms with E-state index in [9.17, 15) is 13.2 Å². The minimum Gasteiger partial charge on any atom is -0.204 e. The van der Waals surface area contributed by atoms with Gasteiger partial charge in [-0.15, -0.1) is 0 Å². The first-order valence-corrected chi connectivity index (χ1v) is 11.2. The predicted molar refractivity (Wildman–Crippen MR) is 105 cm³/mol. The molecule has 2 saturated carbocycles. The Morgan fingerprint density at radius 2 is 1.15 bits per heavy atom. The van der Waals surface area contributed by atoms with Crippen LogP contribution in [-0.4, -0.2) is 0 Å². The van der Waals surface area contributed by atoms with Crippen LogP contribution in [0.25, 0.3) is 0 Å². The zero-order chi connectivity index (χ0) is 19.2. The van der Waals surface area contributed by atoms with Crippen LogP contribution in [0, 0.1) is 35.2 Å². The topological polar surface area (TPSA) is 0 Å². The normalized spacial score (nSPS) is 29.0. The van der Waals surface area contributed by atoms with Gasteiger partial charge >= 0.3 is 0 Å². The number of benzene rings is 1. The molecule has 0 heterocycles. The van der Waals surface area contributed by atoms with E-state index in [1.165, 1.54) is 69.9 Å². The Balaban J connectivity index is 1.35. The lowest BCUT2D eigenvalue weighted by molar-refractivity contribution is 0.236. The maximum Gasteiger partial charge on any atom is 0.194 e.